The van der Waals surface area contributed by atoms with Crippen molar-refractivity contribution < 1.29 is 17.5 Å². The molecule has 0 radical (unpaired) electrons. The standard InChI is InChI=1S/C5H11.C3H5.Co.O/c1-4-5(2)3;1-3-2;;/h4H2,1-3H3;3H,1-2H2;;. The van der Waals surface area contributed by atoms with Crippen LogP contribution in [0.4, 0.5) is 0 Å². The molecule has 10 heavy (non-hydrogen) atoms. The molecule has 0 aromatic heterocycles. The van der Waals surface area contributed by atoms with Crippen molar-refractivity contribution in [2.24, 2.45) is 0 Å². The normalized spacial score (nSPS) is 12.9. The SMILES string of the molecule is C=C[CH2][Co](=[O])[C](C)(C)CC. The van der Waals surface area contributed by atoms with Gasteiger partial charge in [-0.2, -0.15) is 0 Å². The van der Waals surface area contributed by atoms with Gasteiger partial charge in [0, 0.05) is 0 Å². The van der Waals surface area contributed by atoms with Gasteiger partial charge in [0.05, 0.1) is 0 Å². The summed E-state index contributed by atoms with van der Waals surface area (Å²) < 4.78 is 11.4. The molecule has 0 aliphatic heterocycles. The van der Waals surface area contributed by atoms with Crippen LogP contribution in [0.3, 0.4) is 0 Å². The number of allylic oxidation sites excluding steroid dienone is 1. The molecule has 0 saturated heterocycles. The van der Waals surface area contributed by atoms with Crippen molar-refractivity contribution >= 4 is 0 Å². The van der Waals surface area contributed by atoms with Crippen LogP contribution in [0.2, 0.25) is 9.70 Å². The van der Waals surface area contributed by atoms with E-state index in [4.69, 9.17) is 0 Å². The van der Waals surface area contributed by atoms with E-state index in [1.165, 1.54) is 0 Å². The summed E-state index contributed by atoms with van der Waals surface area (Å²) in [5.74, 6) is 0. The maximum absolute atomic E-state index is 11.4. The molecular formula is C8H16CoO. The average molecular weight is 187 g/mol. The number of hydrogen-bond donors (Lipinski definition) is 0. The third-order valence-electron chi connectivity index (χ3n) is 1.55. The third-order valence-corrected chi connectivity index (χ3v) is 4.17. The zero-order chi connectivity index (χ0) is 8.20. The summed E-state index contributed by atoms with van der Waals surface area (Å²) in [7, 11) is 0. The molecule has 0 N–H and O–H groups in total. The average Bonchev–Trinajstić information content (AvgIpc) is 1.89. The van der Waals surface area contributed by atoms with Crippen molar-refractivity contribution in [1.29, 1.82) is 0 Å². The Bertz CT molecular complexity index is 138. The molecule has 0 atom stereocenters. The predicted molar refractivity (Wildman–Crippen MR) is 40.0 cm³/mol. The van der Waals surface area contributed by atoms with Crippen molar-refractivity contribution in [3.05, 3.63) is 12.7 Å². The van der Waals surface area contributed by atoms with Gasteiger partial charge in [-0.3, -0.25) is 0 Å². The van der Waals surface area contributed by atoms with E-state index in [9.17, 15) is 3.87 Å². The van der Waals surface area contributed by atoms with Crippen molar-refractivity contribution in [3.8, 4) is 0 Å². The Kier molecular flexibility index (Phi) is 4.05. The molecule has 0 heterocycles. The fraction of sp³-hybridized carbons (Fsp3) is 0.750. The van der Waals surface area contributed by atoms with E-state index >= 15 is 0 Å². The van der Waals surface area contributed by atoms with Gasteiger partial charge in [0.15, 0.2) is 0 Å². The van der Waals surface area contributed by atoms with Crippen LogP contribution in [0.5, 0.6) is 0 Å². The molecule has 63 valence electrons. The van der Waals surface area contributed by atoms with Crippen molar-refractivity contribution in [1.82, 2.24) is 0 Å². The van der Waals surface area contributed by atoms with Gasteiger partial charge in [0.1, 0.15) is 0 Å². The molecule has 0 fully saturated rings. The minimum absolute atomic E-state index is 0.0127. The molecule has 0 amide bonds. The predicted octanol–water partition coefficient (Wildman–Crippen LogP) is 3.16. The first kappa shape index (κ1) is 10.0. The summed E-state index contributed by atoms with van der Waals surface area (Å²) in [5, 5.41) is 0.647. The van der Waals surface area contributed by atoms with E-state index in [1.807, 2.05) is 13.8 Å². The van der Waals surface area contributed by atoms with Gasteiger partial charge >= 0.3 is 67.0 Å². The van der Waals surface area contributed by atoms with Gasteiger partial charge in [0.25, 0.3) is 0 Å². The van der Waals surface area contributed by atoms with Gasteiger partial charge in [-0.05, 0) is 0 Å². The van der Waals surface area contributed by atoms with Gasteiger partial charge in [-0.25, -0.2) is 0 Å². The first-order valence-electron chi connectivity index (χ1n) is 3.42. The maximum atomic E-state index is 11.4. The van der Waals surface area contributed by atoms with Crippen LogP contribution in [0.1, 0.15) is 27.2 Å². The van der Waals surface area contributed by atoms with Crippen LogP contribution in [-0.2, 0) is 17.5 Å². The second-order valence-corrected chi connectivity index (χ2v) is 5.43. The first-order chi connectivity index (χ1) is 4.54. The Morgan fingerprint density at radius 3 is 2.40 bits per heavy atom. The number of hydrogen-bond acceptors (Lipinski definition) is 1. The van der Waals surface area contributed by atoms with Gasteiger partial charge < -0.3 is 0 Å². The van der Waals surface area contributed by atoms with E-state index < -0.39 is 13.6 Å². The van der Waals surface area contributed by atoms with Gasteiger partial charge in [0.2, 0.25) is 0 Å². The fourth-order valence-electron chi connectivity index (χ4n) is 0.403. The molecule has 0 aromatic rings. The Morgan fingerprint density at radius 2 is 2.10 bits per heavy atom. The first-order valence-corrected chi connectivity index (χ1v) is 5.10. The molecular weight excluding hydrogens is 171 g/mol. The van der Waals surface area contributed by atoms with E-state index in [0.717, 1.165) is 6.42 Å². The van der Waals surface area contributed by atoms with E-state index in [1.54, 1.807) is 6.08 Å². The monoisotopic (exact) mass is 187 g/mol. The second-order valence-electron chi connectivity index (χ2n) is 2.72. The third kappa shape index (κ3) is 2.75. The van der Waals surface area contributed by atoms with Crippen LogP contribution in [-0.4, -0.2) is 0 Å². The van der Waals surface area contributed by atoms with Crippen LogP contribution in [0, 0.1) is 0 Å². The molecule has 0 aliphatic rings. The van der Waals surface area contributed by atoms with E-state index in [0.29, 0.717) is 5.36 Å². The molecule has 0 aromatic carbocycles. The van der Waals surface area contributed by atoms with Crippen LogP contribution in [0.15, 0.2) is 12.7 Å². The zero-order valence-electron chi connectivity index (χ0n) is 6.94. The molecule has 0 unspecified atom stereocenters. The number of rotatable bonds is 4. The van der Waals surface area contributed by atoms with Crippen LogP contribution in [0.25, 0.3) is 0 Å². The molecule has 0 rings (SSSR count). The van der Waals surface area contributed by atoms with Crippen molar-refractivity contribution in [2.75, 3.05) is 0 Å². The van der Waals surface area contributed by atoms with Gasteiger partial charge in [-0.1, -0.05) is 0 Å². The molecule has 0 spiro atoms. The molecule has 1 nitrogen and oxygen atoms in total. The van der Waals surface area contributed by atoms with Crippen molar-refractivity contribution in [3.63, 3.8) is 0 Å². The second kappa shape index (κ2) is 4.04. The molecule has 0 saturated carbocycles. The summed E-state index contributed by atoms with van der Waals surface area (Å²) >= 11 is -1.07. The minimum atomic E-state index is -1.07. The van der Waals surface area contributed by atoms with Crippen LogP contribution < -0.4 is 0 Å². The summed E-state index contributed by atoms with van der Waals surface area (Å²) in [6.07, 6.45) is 2.70. The molecule has 0 aliphatic carbocycles. The van der Waals surface area contributed by atoms with Crippen LogP contribution >= 0.6 is 0 Å². The molecule has 0 bridgehead atoms. The van der Waals surface area contributed by atoms with E-state index in [-0.39, 0.29) is 4.35 Å². The quantitative estimate of drug-likeness (QED) is 0.618. The summed E-state index contributed by atoms with van der Waals surface area (Å²) in [6, 6.07) is 0. The summed E-state index contributed by atoms with van der Waals surface area (Å²) in [6.45, 7) is 9.70. The fourth-order valence-corrected chi connectivity index (χ4v) is 1.66. The Balaban J connectivity index is 4.03. The molecule has 2 heteroatoms. The Labute approximate surface area is 67.5 Å². The topological polar surface area (TPSA) is 17.1 Å². The Morgan fingerprint density at radius 1 is 1.60 bits per heavy atom. The van der Waals surface area contributed by atoms with Crippen molar-refractivity contribution in [2.45, 2.75) is 36.9 Å². The van der Waals surface area contributed by atoms with E-state index in [2.05, 4.69) is 13.5 Å². The Hall–Kier alpha value is 0.0465. The summed E-state index contributed by atoms with van der Waals surface area (Å²) in [5.41, 5.74) is 0. The zero-order valence-corrected chi connectivity index (χ0v) is 7.98. The van der Waals surface area contributed by atoms with Gasteiger partial charge in [-0.15, -0.1) is 0 Å². The summed E-state index contributed by atoms with van der Waals surface area (Å²) in [4.78, 5) is 0.